The minimum Gasteiger partial charge on any atom is -0.488 e. The molecule has 1 amide bonds. The fraction of sp³-hybridized carbons (Fsp3) is 0.423. The number of hydrogen-bond donors (Lipinski definition) is 2. The van der Waals surface area contributed by atoms with Crippen molar-refractivity contribution in [1.29, 1.82) is 0 Å². The van der Waals surface area contributed by atoms with E-state index in [-0.39, 0.29) is 12.0 Å². The number of benzene rings is 1. The summed E-state index contributed by atoms with van der Waals surface area (Å²) in [6.07, 6.45) is 4.25. The lowest BCUT2D eigenvalue weighted by molar-refractivity contribution is -0.0230. The van der Waals surface area contributed by atoms with E-state index >= 15 is 0 Å². The van der Waals surface area contributed by atoms with Crippen molar-refractivity contribution in [2.75, 3.05) is 11.9 Å². The Hall–Kier alpha value is -2.84. The Morgan fingerprint density at radius 2 is 1.86 bits per heavy atom. The first-order valence-corrected chi connectivity index (χ1v) is 12.7. The van der Waals surface area contributed by atoms with Gasteiger partial charge in [0.25, 0.3) is 0 Å². The van der Waals surface area contributed by atoms with Gasteiger partial charge in [-0.15, -0.1) is 11.3 Å². The highest BCUT2D eigenvalue weighted by atomic mass is 35.5. The Labute approximate surface area is 216 Å². The number of aromatic nitrogens is 2. The number of nitrogens with one attached hydrogen (secondary N) is 1. The molecule has 1 unspecified atom stereocenters. The number of rotatable bonds is 10. The maximum Gasteiger partial charge on any atom is 0.405 e. The van der Waals surface area contributed by atoms with Crippen LogP contribution in [0.4, 0.5) is 15.7 Å². The maximum absolute atomic E-state index is 11.6. The van der Waals surface area contributed by atoms with Crippen LogP contribution in [0, 0.1) is 11.3 Å². The van der Waals surface area contributed by atoms with E-state index in [1.165, 1.54) is 11.3 Å². The molecule has 0 saturated heterocycles. The predicted molar refractivity (Wildman–Crippen MR) is 143 cm³/mol. The van der Waals surface area contributed by atoms with E-state index in [1.54, 1.807) is 12.4 Å². The van der Waals surface area contributed by atoms with Crippen molar-refractivity contribution in [3.05, 3.63) is 53.1 Å². The topological polar surface area (TPSA) is 99.4 Å². The van der Waals surface area contributed by atoms with Gasteiger partial charge in [0.05, 0.1) is 5.02 Å². The van der Waals surface area contributed by atoms with Gasteiger partial charge >= 0.3 is 6.09 Å². The number of ether oxygens (including phenoxy) is 2. The first-order chi connectivity index (χ1) is 16.4. The molecule has 0 aliphatic rings. The SMILES string of the molecule is C[C@@H](CC(C)(C)C)CC(C)(COc1ccc(-c2ccnc(Nc3nccs3)c2)cc1Cl)OC(N)=O. The van der Waals surface area contributed by atoms with Gasteiger partial charge in [0, 0.05) is 17.8 Å². The fourth-order valence-electron chi connectivity index (χ4n) is 4.33. The van der Waals surface area contributed by atoms with E-state index < -0.39 is 11.7 Å². The molecule has 0 saturated carbocycles. The van der Waals surface area contributed by atoms with Crippen LogP contribution in [0.1, 0.15) is 47.5 Å². The Kier molecular flexibility index (Phi) is 8.61. The minimum absolute atomic E-state index is 0.140. The summed E-state index contributed by atoms with van der Waals surface area (Å²) < 4.78 is 11.5. The van der Waals surface area contributed by atoms with Crippen molar-refractivity contribution in [1.82, 2.24) is 9.97 Å². The molecule has 7 nitrogen and oxygen atoms in total. The molecule has 0 bridgehead atoms. The minimum atomic E-state index is -0.875. The second-order valence-corrected chi connectivity index (χ2v) is 11.6. The Morgan fingerprint density at radius 3 is 2.49 bits per heavy atom. The number of amides is 1. The summed E-state index contributed by atoms with van der Waals surface area (Å²) in [5, 5.41) is 6.32. The summed E-state index contributed by atoms with van der Waals surface area (Å²) in [7, 11) is 0. The summed E-state index contributed by atoms with van der Waals surface area (Å²) in [5.41, 5.74) is 6.52. The van der Waals surface area contributed by atoms with E-state index in [0.29, 0.717) is 28.9 Å². The summed E-state index contributed by atoms with van der Waals surface area (Å²) in [6.45, 7) is 10.7. The lowest BCUT2D eigenvalue weighted by atomic mass is 9.81. The molecule has 3 aromatic rings. The largest absolute Gasteiger partial charge is 0.488 e. The second-order valence-electron chi connectivity index (χ2n) is 10.3. The number of carbonyl (C=O) groups is 1. The molecule has 0 aliphatic carbocycles. The van der Waals surface area contributed by atoms with E-state index in [9.17, 15) is 4.79 Å². The highest BCUT2D eigenvalue weighted by molar-refractivity contribution is 7.13. The molecule has 2 heterocycles. The van der Waals surface area contributed by atoms with Crippen LogP contribution in [-0.4, -0.2) is 28.3 Å². The van der Waals surface area contributed by atoms with Crippen molar-refractivity contribution >= 4 is 40.0 Å². The Balaban J connectivity index is 1.71. The molecule has 2 atom stereocenters. The molecule has 3 N–H and O–H groups in total. The zero-order valence-electron chi connectivity index (χ0n) is 20.8. The van der Waals surface area contributed by atoms with E-state index in [1.807, 2.05) is 42.6 Å². The molecule has 0 radical (unpaired) electrons. The third-order valence-corrected chi connectivity index (χ3v) is 6.30. The number of nitrogens with two attached hydrogens (primary N) is 1. The normalized spacial score (nSPS) is 14.1. The van der Waals surface area contributed by atoms with Crippen LogP contribution >= 0.6 is 22.9 Å². The third-order valence-electron chi connectivity index (χ3n) is 5.31. The zero-order valence-corrected chi connectivity index (χ0v) is 22.4. The number of halogens is 1. The molecule has 3 rings (SSSR count). The molecule has 2 aromatic heterocycles. The molecule has 1 aromatic carbocycles. The Morgan fingerprint density at radius 1 is 1.11 bits per heavy atom. The van der Waals surface area contributed by atoms with Gasteiger partial charge in [-0.3, -0.25) is 0 Å². The summed E-state index contributed by atoms with van der Waals surface area (Å²) >= 11 is 8.07. The number of pyridine rings is 1. The van der Waals surface area contributed by atoms with Crippen molar-refractivity contribution < 1.29 is 14.3 Å². The van der Waals surface area contributed by atoms with Crippen LogP contribution in [-0.2, 0) is 4.74 Å². The van der Waals surface area contributed by atoms with Crippen LogP contribution in [0.2, 0.25) is 5.02 Å². The maximum atomic E-state index is 11.6. The standard InChI is InChI=1S/C26H33ClN4O3S/c1-17(14-25(2,3)4)15-26(5,34-23(28)32)16-33-21-7-6-18(12-20(21)27)19-8-9-29-22(13-19)31-24-30-10-11-35-24/h6-13,17H,14-16H2,1-5H3,(H2,28,32)(H,29,30,31)/t17-,26?/m0/s1. The highest BCUT2D eigenvalue weighted by Gasteiger charge is 2.33. The second kappa shape index (κ2) is 11.3. The molecule has 9 heteroatoms. The lowest BCUT2D eigenvalue weighted by Gasteiger charge is -2.33. The molecule has 0 fully saturated rings. The highest BCUT2D eigenvalue weighted by Crippen LogP contribution is 2.34. The first-order valence-electron chi connectivity index (χ1n) is 11.5. The first kappa shape index (κ1) is 26.8. The third kappa shape index (κ3) is 8.40. The van der Waals surface area contributed by atoms with Gasteiger partial charge in [0.2, 0.25) is 0 Å². The van der Waals surface area contributed by atoms with Gasteiger partial charge in [-0.25, -0.2) is 14.8 Å². The quantitative estimate of drug-likeness (QED) is 0.293. The molecule has 0 spiro atoms. The molecule has 0 aliphatic heterocycles. The van der Waals surface area contributed by atoms with Crippen LogP contribution in [0.5, 0.6) is 5.75 Å². The average Bonchev–Trinajstić information content (AvgIpc) is 3.24. The lowest BCUT2D eigenvalue weighted by Crippen LogP contribution is -2.41. The average molecular weight is 517 g/mol. The number of primary amides is 1. The van der Waals surface area contributed by atoms with Gasteiger partial charge in [-0.1, -0.05) is 45.4 Å². The van der Waals surface area contributed by atoms with Crippen LogP contribution < -0.4 is 15.8 Å². The van der Waals surface area contributed by atoms with Crippen molar-refractivity contribution in [2.45, 2.75) is 53.1 Å². The fourth-order valence-corrected chi connectivity index (χ4v) is 5.10. The van der Waals surface area contributed by atoms with Crippen LogP contribution in [0.3, 0.4) is 0 Å². The number of anilines is 2. The molecular weight excluding hydrogens is 484 g/mol. The smallest absolute Gasteiger partial charge is 0.405 e. The van der Waals surface area contributed by atoms with Crippen molar-refractivity contribution in [3.63, 3.8) is 0 Å². The number of nitrogens with zero attached hydrogens (tertiary/aromatic N) is 2. The van der Waals surface area contributed by atoms with Gasteiger partial charge < -0.3 is 20.5 Å². The molecule has 35 heavy (non-hydrogen) atoms. The van der Waals surface area contributed by atoms with Crippen LogP contribution in [0.25, 0.3) is 11.1 Å². The number of carbonyl (C=O) groups excluding carboxylic acids is 1. The summed E-state index contributed by atoms with van der Waals surface area (Å²) in [6, 6.07) is 9.43. The predicted octanol–water partition coefficient (Wildman–Crippen LogP) is 7.30. The van der Waals surface area contributed by atoms with Gasteiger partial charge in [0.1, 0.15) is 23.8 Å². The van der Waals surface area contributed by atoms with Gasteiger partial charge in [-0.2, -0.15) is 0 Å². The van der Waals surface area contributed by atoms with Crippen LogP contribution in [0.15, 0.2) is 48.1 Å². The van der Waals surface area contributed by atoms with E-state index in [2.05, 4.69) is 43.0 Å². The van der Waals surface area contributed by atoms with E-state index in [0.717, 1.165) is 22.7 Å². The summed E-state index contributed by atoms with van der Waals surface area (Å²) in [5.74, 6) is 1.51. The van der Waals surface area contributed by atoms with E-state index in [4.69, 9.17) is 26.8 Å². The van der Waals surface area contributed by atoms with Gasteiger partial charge in [0.15, 0.2) is 5.13 Å². The molecule has 188 valence electrons. The van der Waals surface area contributed by atoms with Crippen molar-refractivity contribution in [2.24, 2.45) is 17.1 Å². The number of thiazole rings is 1. The van der Waals surface area contributed by atoms with Gasteiger partial charge in [-0.05, 0) is 66.5 Å². The van der Waals surface area contributed by atoms with Crippen molar-refractivity contribution in [3.8, 4) is 16.9 Å². The monoisotopic (exact) mass is 516 g/mol. The summed E-state index contributed by atoms with van der Waals surface area (Å²) in [4.78, 5) is 20.2. The molecular formula is C26H33ClN4O3S. The zero-order chi connectivity index (χ0) is 25.6. The number of hydrogen-bond acceptors (Lipinski definition) is 7. The Bertz CT molecular complexity index is 1130.